The fourth-order valence-electron chi connectivity index (χ4n) is 4.47. The summed E-state index contributed by atoms with van der Waals surface area (Å²) in [5.74, 6) is 2.65. The number of rotatable bonds is 5. The van der Waals surface area contributed by atoms with Gasteiger partial charge in [0.25, 0.3) is 0 Å². The molecule has 0 bridgehead atoms. The average Bonchev–Trinajstić information content (AvgIpc) is 3.44. The summed E-state index contributed by atoms with van der Waals surface area (Å²) in [6, 6.07) is 12.8. The van der Waals surface area contributed by atoms with Crippen LogP contribution in [0.25, 0.3) is 17.8 Å². The van der Waals surface area contributed by atoms with Gasteiger partial charge in [-0.15, -0.1) is 0 Å². The predicted octanol–water partition coefficient (Wildman–Crippen LogP) is 5.26. The lowest BCUT2D eigenvalue weighted by Gasteiger charge is -2.28. The van der Waals surface area contributed by atoms with E-state index in [9.17, 15) is 4.39 Å². The summed E-state index contributed by atoms with van der Waals surface area (Å²) in [5.41, 5.74) is 3.94. The first-order chi connectivity index (χ1) is 16.0. The van der Waals surface area contributed by atoms with Crippen LogP contribution < -0.4 is 4.74 Å². The van der Waals surface area contributed by atoms with Crippen molar-refractivity contribution in [3.63, 3.8) is 0 Å². The highest BCUT2D eigenvalue weighted by atomic mass is 19.1. The highest BCUT2D eigenvalue weighted by Crippen LogP contribution is 2.37. The Balaban J connectivity index is 1.42. The van der Waals surface area contributed by atoms with Crippen LogP contribution in [0.2, 0.25) is 0 Å². The first-order valence-electron chi connectivity index (χ1n) is 11.1. The zero-order valence-corrected chi connectivity index (χ0v) is 18.9. The van der Waals surface area contributed by atoms with Crippen LogP contribution in [0, 0.1) is 18.7 Å². The van der Waals surface area contributed by atoms with E-state index in [1.54, 1.807) is 13.4 Å². The summed E-state index contributed by atoms with van der Waals surface area (Å²) < 4.78 is 23.0. The lowest BCUT2D eigenvalue weighted by Crippen LogP contribution is -2.24. The zero-order chi connectivity index (χ0) is 22.9. The van der Waals surface area contributed by atoms with Gasteiger partial charge in [-0.2, -0.15) is 5.10 Å². The van der Waals surface area contributed by atoms with Crippen molar-refractivity contribution in [2.24, 2.45) is 5.92 Å². The largest absolute Gasteiger partial charge is 0.495 e. The molecule has 0 radical (unpaired) electrons. The van der Waals surface area contributed by atoms with Crippen molar-refractivity contribution in [2.45, 2.75) is 32.7 Å². The Morgan fingerprint density at radius 1 is 1.12 bits per heavy atom. The molecule has 1 aliphatic heterocycles. The first-order valence-corrected chi connectivity index (χ1v) is 11.1. The molecule has 5 rings (SSSR count). The second kappa shape index (κ2) is 8.65. The molecule has 2 aromatic carbocycles. The lowest BCUT2D eigenvalue weighted by atomic mass is 9.82. The molecule has 7 heteroatoms. The van der Waals surface area contributed by atoms with Crippen molar-refractivity contribution in [3.8, 4) is 11.4 Å². The Bertz CT molecular complexity index is 1300. The molecule has 0 aliphatic carbocycles. The van der Waals surface area contributed by atoms with Crippen LogP contribution in [-0.4, -0.2) is 31.4 Å². The third kappa shape index (κ3) is 4.18. The van der Waals surface area contributed by atoms with Crippen molar-refractivity contribution < 1.29 is 9.13 Å². The number of imidazole rings is 1. The summed E-state index contributed by atoms with van der Waals surface area (Å²) in [4.78, 5) is 9.13. The van der Waals surface area contributed by atoms with Crippen LogP contribution in [0.1, 0.15) is 47.7 Å². The number of aryl methyl sites for hydroxylation is 2. The Morgan fingerprint density at radius 2 is 1.94 bits per heavy atom. The topological polar surface area (TPSA) is 57.8 Å². The Kier molecular flexibility index (Phi) is 5.54. The minimum atomic E-state index is -0.225. The van der Waals surface area contributed by atoms with Crippen LogP contribution >= 0.6 is 0 Å². The first kappa shape index (κ1) is 21.1. The van der Waals surface area contributed by atoms with Gasteiger partial charge in [-0.3, -0.25) is 0 Å². The van der Waals surface area contributed by atoms with E-state index in [4.69, 9.17) is 14.8 Å². The molecule has 33 heavy (non-hydrogen) atoms. The molecular weight excluding hydrogens is 417 g/mol. The number of methoxy groups -OCH3 is 1. The van der Waals surface area contributed by atoms with Crippen molar-refractivity contribution >= 4 is 12.2 Å². The van der Waals surface area contributed by atoms with E-state index in [0.29, 0.717) is 11.7 Å². The number of fused-ring (bicyclic) bond motifs is 1. The highest BCUT2D eigenvalue weighted by molar-refractivity contribution is 5.69. The van der Waals surface area contributed by atoms with Gasteiger partial charge in [-0.25, -0.2) is 19.0 Å². The molecule has 0 unspecified atom stereocenters. The van der Waals surface area contributed by atoms with Crippen LogP contribution in [0.3, 0.4) is 0 Å². The Labute approximate surface area is 192 Å². The van der Waals surface area contributed by atoms with Crippen molar-refractivity contribution in [3.05, 3.63) is 89.3 Å². The number of aromatic nitrogens is 5. The molecule has 4 aromatic rings. The van der Waals surface area contributed by atoms with E-state index >= 15 is 0 Å². The second-order valence-electron chi connectivity index (χ2n) is 8.53. The van der Waals surface area contributed by atoms with Crippen LogP contribution in [0.15, 0.2) is 55.0 Å². The van der Waals surface area contributed by atoms with E-state index in [-0.39, 0.29) is 11.7 Å². The van der Waals surface area contributed by atoms with Gasteiger partial charge < -0.3 is 9.30 Å². The Hall–Kier alpha value is -3.74. The summed E-state index contributed by atoms with van der Waals surface area (Å²) in [5, 5.41) is 4.71. The van der Waals surface area contributed by atoms with Crippen molar-refractivity contribution in [1.82, 2.24) is 24.3 Å². The van der Waals surface area contributed by atoms with Gasteiger partial charge in [-0.05, 0) is 60.7 Å². The molecule has 2 aromatic heterocycles. The van der Waals surface area contributed by atoms with E-state index in [1.807, 2.05) is 64.9 Å². The normalized spacial score (nSPS) is 17.9. The maximum absolute atomic E-state index is 13.4. The molecule has 0 N–H and O–H groups in total. The molecule has 6 nitrogen and oxygen atoms in total. The molecule has 2 atom stereocenters. The summed E-state index contributed by atoms with van der Waals surface area (Å²) in [6.45, 7) is 5.01. The van der Waals surface area contributed by atoms with Crippen LogP contribution in [0.4, 0.5) is 4.39 Å². The molecule has 0 saturated heterocycles. The fraction of sp³-hybridized carbons (Fsp3) is 0.269. The summed E-state index contributed by atoms with van der Waals surface area (Å²) in [7, 11) is 1.66. The van der Waals surface area contributed by atoms with E-state index < -0.39 is 0 Å². The van der Waals surface area contributed by atoms with Crippen LogP contribution in [0.5, 0.6) is 5.75 Å². The van der Waals surface area contributed by atoms with Gasteiger partial charge in [0, 0.05) is 18.7 Å². The number of nitrogens with zero attached hydrogens (tertiary/aromatic N) is 5. The predicted molar refractivity (Wildman–Crippen MR) is 126 cm³/mol. The van der Waals surface area contributed by atoms with Gasteiger partial charge in [0.2, 0.25) is 0 Å². The molecule has 0 amide bonds. The van der Waals surface area contributed by atoms with Crippen molar-refractivity contribution in [2.75, 3.05) is 7.11 Å². The van der Waals surface area contributed by atoms with Gasteiger partial charge in [0.1, 0.15) is 17.4 Å². The van der Waals surface area contributed by atoms with Gasteiger partial charge in [0.15, 0.2) is 5.82 Å². The smallest absolute Gasteiger partial charge is 0.174 e. The van der Waals surface area contributed by atoms with Crippen molar-refractivity contribution in [1.29, 1.82) is 0 Å². The van der Waals surface area contributed by atoms with Gasteiger partial charge in [0.05, 0.1) is 24.8 Å². The van der Waals surface area contributed by atoms with E-state index in [0.717, 1.165) is 47.0 Å². The standard InChI is InChI=1S/C26H26FN5O/c1-17-12-13-32-26(25(17)20-6-8-21(27)9-7-20)29-24(30-32)11-5-19-4-10-22(23(14-19)33-3)31-15-18(2)28-16-31/h4-11,14-17,25H,12-13H2,1-3H3/b11-5+/t17-,25-/m1/s1. The quantitative estimate of drug-likeness (QED) is 0.422. The number of benzene rings is 2. The number of ether oxygens (including phenoxy) is 1. The van der Waals surface area contributed by atoms with E-state index in [2.05, 4.69) is 11.9 Å². The molecule has 0 fully saturated rings. The average molecular weight is 444 g/mol. The number of halogens is 1. The monoisotopic (exact) mass is 443 g/mol. The summed E-state index contributed by atoms with van der Waals surface area (Å²) >= 11 is 0. The maximum atomic E-state index is 13.4. The second-order valence-corrected chi connectivity index (χ2v) is 8.53. The SMILES string of the molecule is COc1cc(/C=C/c2nc3n(n2)CC[C@@H](C)[C@@H]3c2ccc(F)cc2)ccc1-n1cnc(C)c1. The third-order valence-electron chi connectivity index (χ3n) is 6.21. The fourth-order valence-corrected chi connectivity index (χ4v) is 4.47. The number of hydrogen-bond donors (Lipinski definition) is 0. The molecule has 0 spiro atoms. The molecule has 1 aliphatic rings. The highest BCUT2D eigenvalue weighted by Gasteiger charge is 2.31. The van der Waals surface area contributed by atoms with Gasteiger partial charge >= 0.3 is 0 Å². The third-order valence-corrected chi connectivity index (χ3v) is 6.21. The van der Waals surface area contributed by atoms with E-state index in [1.165, 1.54) is 12.1 Å². The minimum absolute atomic E-state index is 0.104. The number of hydrogen-bond acceptors (Lipinski definition) is 4. The van der Waals surface area contributed by atoms with Crippen LogP contribution in [-0.2, 0) is 6.54 Å². The maximum Gasteiger partial charge on any atom is 0.174 e. The Morgan fingerprint density at radius 3 is 2.67 bits per heavy atom. The van der Waals surface area contributed by atoms with Gasteiger partial charge in [-0.1, -0.05) is 31.2 Å². The zero-order valence-electron chi connectivity index (χ0n) is 18.9. The molecule has 0 saturated carbocycles. The lowest BCUT2D eigenvalue weighted by molar-refractivity contribution is 0.347. The molecule has 168 valence electrons. The summed E-state index contributed by atoms with van der Waals surface area (Å²) in [6.07, 6.45) is 8.66. The molecular formula is C26H26FN5O. The molecule has 3 heterocycles. The minimum Gasteiger partial charge on any atom is -0.495 e.